The van der Waals surface area contributed by atoms with Crippen LogP contribution in [0.3, 0.4) is 0 Å². The molecular formula is C29H41NO6. The van der Waals surface area contributed by atoms with Crippen molar-refractivity contribution < 1.29 is 29.3 Å². The average Bonchev–Trinajstić information content (AvgIpc) is 3.36. The van der Waals surface area contributed by atoms with E-state index in [-0.39, 0.29) is 52.9 Å². The molecule has 4 aliphatic rings. The number of amides is 1. The highest BCUT2D eigenvalue weighted by molar-refractivity contribution is 6.02. The minimum atomic E-state index is -0.709. The highest BCUT2D eigenvalue weighted by Gasteiger charge is 2.67. The summed E-state index contributed by atoms with van der Waals surface area (Å²) < 4.78 is 12.1. The summed E-state index contributed by atoms with van der Waals surface area (Å²) in [5.74, 6) is 0.381. The Balaban J connectivity index is 1.58. The first kappa shape index (κ1) is 25.4. The van der Waals surface area contributed by atoms with Crippen molar-refractivity contribution in [2.45, 2.75) is 97.9 Å². The van der Waals surface area contributed by atoms with Gasteiger partial charge in [-0.3, -0.25) is 4.79 Å². The summed E-state index contributed by atoms with van der Waals surface area (Å²) in [4.78, 5) is 27.6. The van der Waals surface area contributed by atoms with Gasteiger partial charge in [-0.25, -0.2) is 4.79 Å². The van der Waals surface area contributed by atoms with E-state index in [0.29, 0.717) is 17.7 Å². The summed E-state index contributed by atoms with van der Waals surface area (Å²) in [7, 11) is 1.34. The van der Waals surface area contributed by atoms with E-state index in [2.05, 4.69) is 27.7 Å². The van der Waals surface area contributed by atoms with Crippen molar-refractivity contribution in [1.82, 2.24) is 4.90 Å². The van der Waals surface area contributed by atoms with Gasteiger partial charge in [-0.15, -0.1) is 0 Å². The lowest BCUT2D eigenvalue weighted by atomic mass is 9.43. The molecule has 0 radical (unpaired) electrons. The van der Waals surface area contributed by atoms with Crippen LogP contribution in [0.2, 0.25) is 0 Å². The van der Waals surface area contributed by atoms with Crippen molar-refractivity contribution in [1.29, 1.82) is 0 Å². The molecule has 7 heteroatoms. The second-order valence-electron chi connectivity index (χ2n) is 12.9. The van der Waals surface area contributed by atoms with Crippen molar-refractivity contribution in [3.8, 4) is 11.5 Å². The highest BCUT2D eigenvalue weighted by atomic mass is 16.5. The van der Waals surface area contributed by atoms with E-state index < -0.39 is 17.6 Å². The molecule has 2 N–H and O–H groups in total. The highest BCUT2D eigenvalue weighted by Crippen LogP contribution is 2.67. The Bertz CT molecular complexity index is 1110. The molecule has 1 aromatic carbocycles. The normalized spacial score (nSPS) is 35.3. The van der Waals surface area contributed by atoms with Gasteiger partial charge in [0.25, 0.3) is 5.91 Å². The van der Waals surface area contributed by atoms with Crippen molar-refractivity contribution in [3.05, 3.63) is 22.8 Å². The molecule has 1 aromatic rings. The fourth-order valence-electron chi connectivity index (χ4n) is 8.40. The summed E-state index contributed by atoms with van der Waals surface area (Å²) in [6, 6.07) is 0.856. The topological polar surface area (TPSA) is 96.3 Å². The smallest absolute Gasteiger partial charge is 0.328 e. The molecule has 36 heavy (non-hydrogen) atoms. The fourth-order valence-corrected chi connectivity index (χ4v) is 8.40. The number of esters is 1. The van der Waals surface area contributed by atoms with Crippen LogP contribution in [0.4, 0.5) is 0 Å². The van der Waals surface area contributed by atoms with Crippen molar-refractivity contribution in [2.75, 3.05) is 7.11 Å². The predicted molar refractivity (Wildman–Crippen MR) is 135 cm³/mol. The van der Waals surface area contributed by atoms with E-state index in [0.717, 1.165) is 36.8 Å². The van der Waals surface area contributed by atoms with Gasteiger partial charge in [0.05, 0.1) is 25.3 Å². The van der Waals surface area contributed by atoms with Gasteiger partial charge >= 0.3 is 5.97 Å². The van der Waals surface area contributed by atoms with E-state index >= 15 is 0 Å². The van der Waals surface area contributed by atoms with Crippen LogP contribution in [-0.2, 0) is 22.5 Å². The van der Waals surface area contributed by atoms with Gasteiger partial charge in [0.15, 0.2) is 0 Å². The Morgan fingerprint density at radius 1 is 1.19 bits per heavy atom. The van der Waals surface area contributed by atoms with Crippen molar-refractivity contribution >= 4 is 11.9 Å². The molecule has 1 unspecified atom stereocenters. The molecule has 2 aliphatic carbocycles. The second-order valence-corrected chi connectivity index (χ2v) is 12.9. The maximum atomic E-state index is 13.5. The summed E-state index contributed by atoms with van der Waals surface area (Å²) >= 11 is 0. The van der Waals surface area contributed by atoms with Gasteiger partial charge in [0.2, 0.25) is 0 Å². The number of methoxy groups -OCH3 is 1. The van der Waals surface area contributed by atoms with Crippen LogP contribution < -0.4 is 4.74 Å². The summed E-state index contributed by atoms with van der Waals surface area (Å²) in [5, 5.41) is 22.0. The number of aromatic hydroxyl groups is 1. The van der Waals surface area contributed by atoms with Crippen molar-refractivity contribution in [2.24, 2.45) is 28.6 Å². The van der Waals surface area contributed by atoms with Crippen LogP contribution in [0.15, 0.2) is 6.07 Å². The van der Waals surface area contributed by atoms with Gasteiger partial charge in [0, 0.05) is 23.0 Å². The number of rotatable bonds is 3. The van der Waals surface area contributed by atoms with Gasteiger partial charge in [-0.2, -0.15) is 0 Å². The fraction of sp³-hybridized carbons (Fsp3) is 0.724. The van der Waals surface area contributed by atoms with Crippen LogP contribution in [0.1, 0.15) is 88.7 Å². The van der Waals surface area contributed by atoms with Gasteiger partial charge < -0.3 is 24.6 Å². The number of hydrogen-bond acceptors (Lipinski definition) is 6. The van der Waals surface area contributed by atoms with Crippen LogP contribution >= 0.6 is 0 Å². The Morgan fingerprint density at radius 2 is 1.89 bits per heavy atom. The number of carbonyl (C=O) groups excluding carboxylic acids is 2. The zero-order valence-corrected chi connectivity index (χ0v) is 22.7. The number of phenolic OH excluding ortho intramolecular Hbond substituents is 1. The number of benzene rings is 1. The largest absolute Gasteiger partial charge is 0.508 e. The molecule has 0 aromatic heterocycles. The third kappa shape index (κ3) is 3.13. The Kier molecular flexibility index (Phi) is 5.71. The molecule has 6 atom stereocenters. The van der Waals surface area contributed by atoms with Crippen LogP contribution in [0, 0.1) is 28.6 Å². The number of phenols is 1. The van der Waals surface area contributed by atoms with E-state index in [1.165, 1.54) is 7.11 Å². The first-order chi connectivity index (χ1) is 16.8. The number of carbonyl (C=O) groups is 2. The minimum Gasteiger partial charge on any atom is -0.508 e. The lowest BCUT2D eigenvalue weighted by Crippen LogP contribution is -2.66. The van der Waals surface area contributed by atoms with E-state index in [1.54, 1.807) is 11.0 Å². The van der Waals surface area contributed by atoms with E-state index in [1.807, 2.05) is 13.8 Å². The third-order valence-electron chi connectivity index (χ3n) is 10.5. The van der Waals surface area contributed by atoms with Crippen molar-refractivity contribution in [3.63, 3.8) is 0 Å². The van der Waals surface area contributed by atoms with Gasteiger partial charge in [0.1, 0.15) is 23.1 Å². The summed E-state index contributed by atoms with van der Waals surface area (Å²) in [6.07, 6.45) is 3.83. The molecular weight excluding hydrogens is 458 g/mol. The SMILES string of the molecule is COC(=O)C(C(C)C)N1Cc2c(cc(O)c3c2O[C@]2(C3)[C@H](C)CC[C@H]3C(C)(C)[C@H](O)CC[C@@]32C)C1=O. The molecule has 7 nitrogen and oxygen atoms in total. The first-order valence-electron chi connectivity index (χ1n) is 13.4. The monoisotopic (exact) mass is 499 g/mol. The number of fused-ring (bicyclic) bond motifs is 5. The molecule has 1 amide bonds. The Morgan fingerprint density at radius 3 is 2.53 bits per heavy atom. The molecule has 0 bridgehead atoms. The molecule has 2 saturated carbocycles. The summed E-state index contributed by atoms with van der Waals surface area (Å²) in [6.45, 7) is 13.0. The molecule has 5 rings (SSSR count). The minimum absolute atomic E-state index is 0.0861. The lowest BCUT2D eigenvalue weighted by molar-refractivity contribution is -0.210. The number of aliphatic hydroxyl groups is 1. The Labute approximate surface area is 214 Å². The number of nitrogens with zero attached hydrogens (tertiary/aromatic N) is 1. The lowest BCUT2D eigenvalue weighted by Gasteiger charge is -2.64. The average molecular weight is 500 g/mol. The number of ether oxygens (including phenoxy) is 2. The zero-order valence-electron chi connectivity index (χ0n) is 22.7. The van der Waals surface area contributed by atoms with E-state index in [9.17, 15) is 19.8 Å². The standard InChI is InChI=1S/C29H41NO6/c1-15(2)23(26(34)35-7)30-14-19-17(25(30)33)12-20(31)18-13-29(36-24(18)19)16(3)8-9-21-27(4,5)22(32)10-11-28(21,29)6/h12,15-16,21-23,31-32H,8-11,13-14H2,1-7H3/t16-,21+,22-,23?,28+,29-/m1/s1. The molecule has 0 saturated heterocycles. The van der Waals surface area contributed by atoms with Crippen LogP contribution in [0.25, 0.3) is 0 Å². The quantitative estimate of drug-likeness (QED) is 0.597. The van der Waals surface area contributed by atoms with Gasteiger partial charge in [-0.1, -0.05) is 41.5 Å². The molecule has 2 heterocycles. The molecule has 1 spiro atoms. The van der Waals surface area contributed by atoms with Gasteiger partial charge in [-0.05, 0) is 54.9 Å². The third-order valence-corrected chi connectivity index (χ3v) is 10.5. The maximum absolute atomic E-state index is 13.5. The Hall–Kier alpha value is -2.28. The number of hydrogen-bond donors (Lipinski definition) is 2. The maximum Gasteiger partial charge on any atom is 0.328 e. The molecule has 198 valence electrons. The second kappa shape index (κ2) is 8.11. The first-order valence-corrected chi connectivity index (χ1v) is 13.4. The zero-order chi connectivity index (χ0) is 26.4. The van der Waals surface area contributed by atoms with Crippen LogP contribution in [0.5, 0.6) is 11.5 Å². The summed E-state index contributed by atoms with van der Waals surface area (Å²) in [5.41, 5.74) is 0.967. The molecule has 2 fully saturated rings. The molecule has 2 aliphatic heterocycles. The number of aliphatic hydroxyl groups excluding tert-OH is 1. The van der Waals surface area contributed by atoms with E-state index in [4.69, 9.17) is 9.47 Å². The predicted octanol–water partition coefficient (Wildman–Crippen LogP) is 4.45. The van der Waals surface area contributed by atoms with Crippen LogP contribution in [-0.4, -0.2) is 51.8 Å².